The molecule has 0 amide bonds. The van der Waals surface area contributed by atoms with Crippen molar-refractivity contribution in [3.05, 3.63) is 0 Å². The van der Waals surface area contributed by atoms with Crippen LogP contribution in [0.4, 0.5) is 19.2 Å². The van der Waals surface area contributed by atoms with E-state index in [1.165, 1.54) is 0 Å². The van der Waals surface area contributed by atoms with E-state index in [-0.39, 0.29) is 78.8 Å². The first-order chi connectivity index (χ1) is 8.34. The summed E-state index contributed by atoms with van der Waals surface area (Å²) in [6.07, 6.45) is -9.33. The van der Waals surface area contributed by atoms with Gasteiger partial charge in [-0.3, -0.25) is 0 Å². The summed E-state index contributed by atoms with van der Waals surface area (Å²) < 4.78 is 17.0. The van der Waals surface area contributed by atoms with Crippen LogP contribution in [0.25, 0.3) is 0 Å². The molecule has 19 heteroatoms. The van der Waals surface area contributed by atoms with E-state index in [1.54, 1.807) is 0 Å². The molecule has 0 saturated carbocycles. The fraction of sp³-hybridized carbons (Fsp3) is 0. The molecular weight excluding hydrogens is 702 g/mol. The molecule has 0 bridgehead atoms. The van der Waals surface area contributed by atoms with Crippen LogP contribution in [0.2, 0.25) is 0 Å². The second-order valence-corrected chi connectivity index (χ2v) is 1.43. The molecule has 0 N–H and O–H groups in total. The monoisotopic (exact) mass is 702 g/mol. The third kappa shape index (κ3) is 128000. The minimum Gasteiger partial charge on any atom is 4.00 e. The third-order valence-corrected chi connectivity index (χ3v) is 0. The van der Waals surface area contributed by atoms with Gasteiger partial charge in [0, 0.05) is 0 Å². The Bertz CT molecular complexity index is 247. The number of carbonyl (C=O) groups excluding carboxylic acids is 4. The van der Waals surface area contributed by atoms with Crippen LogP contribution >= 0.6 is 0 Å². The maximum atomic E-state index is 8.50. The van der Waals surface area contributed by atoms with Gasteiger partial charge in [0.2, 0.25) is 0 Å². The van der Waals surface area contributed by atoms with Crippen molar-refractivity contribution >= 4 is 39.9 Å². The van der Waals surface area contributed by atoms with Crippen LogP contribution in [0.3, 0.4) is 0 Å². The van der Waals surface area contributed by atoms with Crippen molar-refractivity contribution in [2.75, 3.05) is 0 Å². The molecule has 0 aliphatic rings. The third-order valence-electron chi connectivity index (χ3n) is 0. The quantitative estimate of drug-likeness (QED) is 0.212. The van der Waals surface area contributed by atoms with Crippen LogP contribution in [0.1, 0.15) is 0 Å². The second kappa shape index (κ2) is 57.6. The van der Waals surface area contributed by atoms with Gasteiger partial charge in [0.15, 0.2) is 0 Å². The van der Waals surface area contributed by atoms with Gasteiger partial charge in [-0.25, -0.2) is 0 Å². The standard InChI is InChI=1S/4CH2O3.Ag.GeO2.Li.Ni.W/c4*2-1(3)4;;2-1-3;;;/h4*(H2,2,3,4);;;;;/q;;;;+1;;+1;+2;+4/p-8. The largest absolute Gasteiger partial charge is 4.00 e. The van der Waals surface area contributed by atoms with Crippen LogP contribution in [0.5, 0.6) is 0 Å². The smallest absolute Gasteiger partial charge is 4.00 e. The van der Waals surface area contributed by atoms with Crippen molar-refractivity contribution in [1.29, 1.82) is 0 Å². The Hall–Kier alpha value is -0.258. The van der Waals surface area contributed by atoms with E-state index in [4.69, 9.17) is 67.6 Å². The first-order valence-corrected chi connectivity index (χ1v) is 4.57. The first kappa shape index (κ1) is 56.9. The van der Waals surface area contributed by atoms with Crippen LogP contribution < -0.4 is 59.7 Å². The van der Waals surface area contributed by atoms with Gasteiger partial charge in [0.1, 0.15) is 0 Å². The summed E-state index contributed by atoms with van der Waals surface area (Å²) in [5.74, 6) is 0. The summed E-state index contributed by atoms with van der Waals surface area (Å²) in [6.45, 7) is 0. The topological polar surface area (TPSA) is 287 Å². The van der Waals surface area contributed by atoms with Crippen molar-refractivity contribution in [2.24, 2.45) is 0 Å². The van der Waals surface area contributed by atoms with Crippen molar-refractivity contribution in [3.8, 4) is 0 Å². The molecule has 132 valence electrons. The summed E-state index contributed by atoms with van der Waals surface area (Å²) in [7, 11) is 0. The van der Waals surface area contributed by atoms with Gasteiger partial charge in [-0.05, 0) is 24.6 Å². The number of hydrogen-bond donors (Lipinski definition) is 0. The molecule has 23 heavy (non-hydrogen) atoms. The predicted octanol–water partition coefficient (Wildman–Crippen LogP) is -13.4. The van der Waals surface area contributed by atoms with Gasteiger partial charge in [-0.1, -0.05) is 0 Å². The summed E-state index contributed by atoms with van der Waals surface area (Å²) in [4.78, 5) is 33.3. The minimum absolute atomic E-state index is 0. The zero-order valence-electron chi connectivity index (χ0n) is 10.2. The number of carboxylic acid groups (broad SMARTS) is 8. The molecule has 14 nitrogen and oxygen atoms in total. The summed E-state index contributed by atoms with van der Waals surface area (Å²) in [6, 6.07) is 0. The van der Waals surface area contributed by atoms with E-state index >= 15 is 0 Å². The van der Waals surface area contributed by atoms with E-state index < -0.39 is 39.9 Å². The number of hydrogen-bond acceptors (Lipinski definition) is 14. The van der Waals surface area contributed by atoms with Gasteiger partial charge in [0.25, 0.3) is 0 Å². The summed E-state index contributed by atoms with van der Waals surface area (Å²) in [5, 5.41) is 66.7. The Balaban J connectivity index is -0.0000000146. The fourth-order valence-electron chi connectivity index (χ4n) is 0. The Morgan fingerprint density at radius 3 is 0.565 bits per heavy atom. The molecule has 0 fully saturated rings. The Morgan fingerprint density at radius 1 is 0.565 bits per heavy atom. The Kier molecular flexibility index (Phi) is 143. The average molecular weight is 702 g/mol. The molecule has 0 aliphatic carbocycles. The Morgan fingerprint density at radius 2 is 0.565 bits per heavy atom. The van der Waals surface area contributed by atoms with Gasteiger partial charge >= 0.3 is 102 Å². The maximum absolute atomic E-state index is 8.50. The predicted molar refractivity (Wildman–Crippen MR) is 28.7 cm³/mol. The van der Waals surface area contributed by atoms with Gasteiger partial charge < -0.3 is 60.0 Å². The fourth-order valence-corrected chi connectivity index (χ4v) is 0. The van der Waals surface area contributed by atoms with E-state index in [1.807, 2.05) is 0 Å². The van der Waals surface area contributed by atoms with E-state index in [9.17, 15) is 0 Å². The SMILES string of the molecule is O=C([O-])[O-].O=C([O-])[O-].O=C([O-])[O-].O=C([O-])[O-].[Ag+].[Li+].[Ni+2].[O]=[Ge]=[O].[W+4]. The van der Waals surface area contributed by atoms with Crippen molar-refractivity contribution in [2.45, 2.75) is 0 Å². The van der Waals surface area contributed by atoms with Gasteiger partial charge in [0.05, 0.1) is 0 Å². The molecule has 0 aromatic rings. The number of carbonyl (C=O) groups is 4. The minimum atomic E-state index is -2.33. The maximum Gasteiger partial charge on any atom is 4.00 e. The Labute approximate surface area is 185 Å². The van der Waals surface area contributed by atoms with Crippen LogP contribution in [-0.2, 0) is 67.5 Å². The second-order valence-electron chi connectivity index (χ2n) is 1.08. The summed E-state index contributed by atoms with van der Waals surface area (Å²) in [5.41, 5.74) is 0. The normalized spacial score (nSPS) is 4.52. The zero-order valence-corrected chi connectivity index (χ0v) is 17.7. The number of rotatable bonds is 0. The molecule has 0 aromatic carbocycles. The molecule has 0 spiro atoms. The molecule has 0 aromatic heterocycles. The zero-order chi connectivity index (χ0) is 17.0. The average Bonchev–Trinajstić information content (AvgIpc) is 1.97. The van der Waals surface area contributed by atoms with Gasteiger partial charge in [-0.2, -0.15) is 0 Å². The van der Waals surface area contributed by atoms with Crippen LogP contribution in [0.15, 0.2) is 0 Å². The first-order valence-electron chi connectivity index (χ1n) is 2.86. The molecule has 0 rings (SSSR count). The molecular formula is C4AgGeLiNiO14W. The van der Waals surface area contributed by atoms with Crippen LogP contribution in [0, 0.1) is 0 Å². The van der Waals surface area contributed by atoms with E-state index in [0.717, 1.165) is 0 Å². The van der Waals surface area contributed by atoms with Crippen molar-refractivity contribution in [1.82, 2.24) is 0 Å². The van der Waals surface area contributed by atoms with E-state index in [0.29, 0.717) is 0 Å². The van der Waals surface area contributed by atoms with E-state index in [2.05, 4.69) is 0 Å². The molecule has 0 radical (unpaired) electrons. The molecule has 0 aliphatic heterocycles. The van der Waals surface area contributed by atoms with Crippen LogP contribution in [-0.4, -0.2) is 39.9 Å². The molecule has 0 heterocycles. The molecule has 0 atom stereocenters. The summed E-state index contributed by atoms with van der Waals surface area (Å²) >= 11 is -2.00. The van der Waals surface area contributed by atoms with Gasteiger partial charge in [-0.15, -0.1) is 0 Å². The van der Waals surface area contributed by atoms with Crippen molar-refractivity contribution < 1.29 is 146 Å². The molecule has 0 saturated heterocycles. The van der Waals surface area contributed by atoms with Crippen molar-refractivity contribution in [3.63, 3.8) is 0 Å². The molecule has 0 unspecified atom stereocenters.